The number of hydrogen-bond donors (Lipinski definition) is 1. The Morgan fingerprint density at radius 1 is 1.15 bits per heavy atom. The van der Waals surface area contributed by atoms with Crippen LogP contribution >= 0.6 is 11.6 Å². The molecule has 1 heterocycles. The number of benzene rings is 2. The highest BCUT2D eigenvalue weighted by molar-refractivity contribution is 7.89. The first-order valence-electron chi connectivity index (χ1n) is 10.3. The third-order valence-corrected chi connectivity index (χ3v) is 8.61. The summed E-state index contributed by atoms with van der Waals surface area (Å²) in [6.45, 7) is 0.392. The van der Waals surface area contributed by atoms with Gasteiger partial charge >= 0.3 is 0 Å². The Labute approximate surface area is 204 Å². The second kappa shape index (κ2) is 11.0. The van der Waals surface area contributed by atoms with Gasteiger partial charge in [0.2, 0.25) is 26.0 Å². The SMILES string of the molecule is COc1ccc(NC(=O)CN(Cc2ccccc2Cl)S(C)(=O)=O)cc1S(=O)(=O)N1CCOCC1. The molecule has 2 aromatic carbocycles. The Morgan fingerprint density at radius 3 is 2.44 bits per heavy atom. The molecule has 0 atom stereocenters. The lowest BCUT2D eigenvalue weighted by atomic mass is 10.2. The van der Waals surface area contributed by atoms with Crippen molar-refractivity contribution in [3.05, 3.63) is 53.1 Å². The Kier molecular flexibility index (Phi) is 8.55. The number of carbonyl (C=O) groups is 1. The number of methoxy groups -OCH3 is 1. The van der Waals surface area contributed by atoms with Crippen LogP contribution in [-0.4, -0.2) is 77.6 Å². The molecule has 0 saturated carbocycles. The molecule has 0 spiro atoms. The second-order valence-corrected chi connectivity index (χ2v) is 11.8. The monoisotopic (exact) mass is 531 g/mol. The molecule has 13 heteroatoms. The zero-order valence-electron chi connectivity index (χ0n) is 18.7. The summed E-state index contributed by atoms with van der Waals surface area (Å²) < 4.78 is 63.5. The quantitative estimate of drug-likeness (QED) is 0.523. The van der Waals surface area contributed by atoms with Crippen molar-refractivity contribution >= 4 is 43.2 Å². The molecule has 1 amide bonds. The van der Waals surface area contributed by atoms with Gasteiger partial charge in [-0.3, -0.25) is 4.79 Å². The number of carbonyl (C=O) groups excluding carboxylic acids is 1. The van der Waals surface area contributed by atoms with Gasteiger partial charge in [-0.25, -0.2) is 16.8 Å². The van der Waals surface area contributed by atoms with Gasteiger partial charge in [0.1, 0.15) is 10.6 Å². The largest absolute Gasteiger partial charge is 0.495 e. The van der Waals surface area contributed by atoms with E-state index in [2.05, 4.69) is 5.32 Å². The number of rotatable bonds is 9. The average Bonchev–Trinajstić information content (AvgIpc) is 2.80. The van der Waals surface area contributed by atoms with Gasteiger partial charge in [-0.15, -0.1) is 0 Å². The number of halogens is 1. The van der Waals surface area contributed by atoms with E-state index in [0.29, 0.717) is 10.6 Å². The van der Waals surface area contributed by atoms with Crippen molar-refractivity contribution in [3.63, 3.8) is 0 Å². The Balaban J connectivity index is 1.80. The minimum Gasteiger partial charge on any atom is -0.495 e. The lowest BCUT2D eigenvalue weighted by Crippen LogP contribution is -2.40. The fourth-order valence-electron chi connectivity index (χ4n) is 3.35. The first kappa shape index (κ1) is 26.4. The maximum atomic E-state index is 13.1. The van der Waals surface area contributed by atoms with Crippen molar-refractivity contribution < 1.29 is 31.1 Å². The van der Waals surface area contributed by atoms with Crippen molar-refractivity contribution in [2.24, 2.45) is 0 Å². The lowest BCUT2D eigenvalue weighted by Gasteiger charge is -2.27. The highest BCUT2D eigenvalue weighted by Gasteiger charge is 2.30. The van der Waals surface area contributed by atoms with Crippen LogP contribution in [0.3, 0.4) is 0 Å². The highest BCUT2D eigenvalue weighted by Crippen LogP contribution is 2.30. The van der Waals surface area contributed by atoms with Crippen LogP contribution in [0.25, 0.3) is 0 Å². The summed E-state index contributed by atoms with van der Waals surface area (Å²) in [4.78, 5) is 12.6. The summed E-state index contributed by atoms with van der Waals surface area (Å²) in [6.07, 6.45) is 0.998. The van der Waals surface area contributed by atoms with Gasteiger partial charge in [0.05, 0.1) is 33.1 Å². The minimum absolute atomic E-state index is 0.0921. The standard InChI is InChI=1S/C21H26ClN3O7S2/c1-31-19-8-7-17(13-20(19)34(29,30)24-9-11-32-12-10-24)23-21(26)15-25(33(2,27)28)14-16-5-3-4-6-18(16)22/h3-8,13H,9-12,14-15H2,1-2H3,(H,23,26). The molecular formula is C21H26ClN3O7S2. The molecule has 1 fully saturated rings. The van der Waals surface area contributed by atoms with E-state index < -0.39 is 32.5 Å². The van der Waals surface area contributed by atoms with E-state index in [1.165, 1.54) is 29.6 Å². The maximum Gasteiger partial charge on any atom is 0.246 e. The van der Waals surface area contributed by atoms with Crippen LogP contribution in [0.1, 0.15) is 5.56 Å². The van der Waals surface area contributed by atoms with E-state index in [9.17, 15) is 21.6 Å². The van der Waals surface area contributed by atoms with Crippen LogP contribution in [0.5, 0.6) is 5.75 Å². The van der Waals surface area contributed by atoms with Gasteiger partial charge < -0.3 is 14.8 Å². The van der Waals surface area contributed by atoms with E-state index in [1.807, 2.05) is 0 Å². The van der Waals surface area contributed by atoms with Crippen LogP contribution in [0.2, 0.25) is 5.02 Å². The summed E-state index contributed by atoms with van der Waals surface area (Å²) in [7, 11) is -6.29. The molecule has 0 aliphatic carbocycles. The minimum atomic E-state index is -3.90. The smallest absolute Gasteiger partial charge is 0.246 e. The summed E-state index contributed by atoms with van der Waals surface area (Å²) in [5, 5.41) is 2.95. The molecule has 3 rings (SSSR count). The molecular weight excluding hydrogens is 506 g/mol. The molecule has 0 radical (unpaired) electrons. The van der Waals surface area contributed by atoms with Crippen LogP contribution in [-0.2, 0) is 36.1 Å². The van der Waals surface area contributed by atoms with Crippen LogP contribution in [0.15, 0.2) is 47.4 Å². The van der Waals surface area contributed by atoms with Crippen molar-refractivity contribution in [1.82, 2.24) is 8.61 Å². The Hall–Kier alpha value is -2.22. The first-order valence-corrected chi connectivity index (χ1v) is 13.9. The predicted molar refractivity (Wildman–Crippen MR) is 128 cm³/mol. The first-order chi connectivity index (χ1) is 16.0. The molecule has 0 unspecified atom stereocenters. The highest BCUT2D eigenvalue weighted by atomic mass is 35.5. The number of anilines is 1. The van der Waals surface area contributed by atoms with E-state index in [-0.39, 0.29) is 49.2 Å². The summed E-state index contributed by atoms with van der Waals surface area (Å²) in [6, 6.07) is 10.9. The molecule has 0 bridgehead atoms. The molecule has 1 aliphatic rings. The summed E-state index contributed by atoms with van der Waals surface area (Å²) >= 11 is 6.13. The number of sulfonamides is 2. The number of nitrogens with zero attached hydrogens (tertiary/aromatic N) is 2. The number of hydrogen-bond acceptors (Lipinski definition) is 7. The van der Waals surface area contributed by atoms with Gasteiger partial charge in [-0.2, -0.15) is 8.61 Å². The second-order valence-electron chi connectivity index (χ2n) is 7.55. The number of amides is 1. The molecule has 10 nitrogen and oxygen atoms in total. The van der Waals surface area contributed by atoms with Crippen LogP contribution < -0.4 is 10.1 Å². The normalized spacial score (nSPS) is 15.3. The van der Waals surface area contributed by atoms with Crippen molar-refractivity contribution in [1.29, 1.82) is 0 Å². The molecule has 1 aliphatic heterocycles. The van der Waals surface area contributed by atoms with Gasteiger partial charge in [0, 0.05) is 30.3 Å². The Bertz CT molecular complexity index is 1250. The van der Waals surface area contributed by atoms with Crippen LogP contribution in [0.4, 0.5) is 5.69 Å². The van der Waals surface area contributed by atoms with E-state index >= 15 is 0 Å². The number of morpholine rings is 1. The third kappa shape index (κ3) is 6.46. The van der Waals surface area contributed by atoms with E-state index in [4.69, 9.17) is 21.1 Å². The van der Waals surface area contributed by atoms with E-state index in [1.54, 1.807) is 24.3 Å². The zero-order valence-corrected chi connectivity index (χ0v) is 21.1. The van der Waals surface area contributed by atoms with Crippen molar-refractivity contribution in [2.45, 2.75) is 11.4 Å². The number of ether oxygens (including phenoxy) is 2. The van der Waals surface area contributed by atoms with Crippen molar-refractivity contribution in [3.8, 4) is 5.75 Å². The van der Waals surface area contributed by atoms with Gasteiger partial charge in [-0.05, 0) is 29.8 Å². The van der Waals surface area contributed by atoms with Crippen molar-refractivity contribution in [2.75, 3.05) is 51.5 Å². The average molecular weight is 532 g/mol. The lowest BCUT2D eigenvalue weighted by molar-refractivity contribution is -0.116. The zero-order chi connectivity index (χ0) is 24.9. The molecule has 186 valence electrons. The van der Waals surface area contributed by atoms with E-state index in [0.717, 1.165) is 10.6 Å². The Morgan fingerprint density at radius 2 is 1.82 bits per heavy atom. The summed E-state index contributed by atoms with van der Waals surface area (Å²) in [5.41, 5.74) is 0.731. The summed E-state index contributed by atoms with van der Waals surface area (Å²) in [5.74, 6) is -0.515. The molecule has 2 aromatic rings. The number of nitrogens with one attached hydrogen (secondary N) is 1. The third-order valence-electron chi connectivity index (χ3n) is 5.13. The van der Waals surface area contributed by atoms with Gasteiger partial charge in [-0.1, -0.05) is 29.8 Å². The topological polar surface area (TPSA) is 122 Å². The van der Waals surface area contributed by atoms with Crippen LogP contribution in [0, 0.1) is 0 Å². The molecule has 1 saturated heterocycles. The predicted octanol–water partition coefficient (Wildman–Crippen LogP) is 1.77. The molecule has 0 aromatic heterocycles. The van der Waals surface area contributed by atoms with Gasteiger partial charge in [0.15, 0.2) is 0 Å². The fraction of sp³-hybridized carbons (Fsp3) is 0.381. The maximum absolute atomic E-state index is 13.1. The molecule has 34 heavy (non-hydrogen) atoms. The molecule has 1 N–H and O–H groups in total. The van der Waals surface area contributed by atoms with Gasteiger partial charge in [0.25, 0.3) is 0 Å². The fourth-order valence-corrected chi connectivity index (χ4v) is 5.86.